The Labute approximate surface area is 81.4 Å². The molecule has 0 aromatic rings. The molecule has 0 rings (SSSR count). The van der Waals surface area contributed by atoms with Crippen LogP contribution in [0.25, 0.3) is 0 Å². The van der Waals surface area contributed by atoms with Crippen LogP contribution in [0, 0.1) is 0 Å². The minimum Gasteiger partial charge on any atom is -0.395 e. The monoisotopic (exact) mass is 189 g/mol. The first-order chi connectivity index (χ1) is 6.05. The zero-order chi connectivity index (χ0) is 10.3. The van der Waals surface area contributed by atoms with E-state index in [1.54, 1.807) is 0 Å². The summed E-state index contributed by atoms with van der Waals surface area (Å²) in [5.41, 5.74) is -0.621. The summed E-state index contributed by atoms with van der Waals surface area (Å²) in [5, 5.41) is 18.6. The summed E-state index contributed by atoms with van der Waals surface area (Å²) in [7, 11) is 0. The minimum absolute atomic E-state index is 0.166. The average Bonchev–Trinajstić information content (AvgIpc) is 2.05. The first-order valence-electron chi connectivity index (χ1n) is 5.11. The van der Waals surface area contributed by atoms with E-state index in [9.17, 15) is 5.11 Å². The second-order valence-electron chi connectivity index (χ2n) is 3.85. The molecule has 80 valence electrons. The first-order valence-corrected chi connectivity index (χ1v) is 5.11. The van der Waals surface area contributed by atoms with Crippen molar-refractivity contribution in [2.75, 3.05) is 26.2 Å². The fourth-order valence-electron chi connectivity index (χ4n) is 1.32. The minimum atomic E-state index is -0.621. The van der Waals surface area contributed by atoms with E-state index in [1.807, 2.05) is 13.8 Å². The lowest BCUT2D eigenvalue weighted by Crippen LogP contribution is -2.42. The number of aliphatic hydroxyl groups excluding tert-OH is 1. The highest BCUT2D eigenvalue weighted by Gasteiger charge is 2.20. The summed E-state index contributed by atoms with van der Waals surface area (Å²) in [6, 6.07) is 0. The van der Waals surface area contributed by atoms with Crippen LogP contribution in [0.3, 0.4) is 0 Å². The Morgan fingerprint density at radius 3 is 2.23 bits per heavy atom. The molecular formula is C10H23NO2. The molecule has 0 aromatic carbocycles. The average molecular weight is 189 g/mol. The van der Waals surface area contributed by atoms with E-state index in [0.29, 0.717) is 13.1 Å². The third-order valence-corrected chi connectivity index (χ3v) is 2.28. The predicted octanol–water partition coefficient (Wildman–Crippen LogP) is 0.852. The van der Waals surface area contributed by atoms with Gasteiger partial charge in [-0.1, -0.05) is 13.8 Å². The predicted molar refractivity (Wildman–Crippen MR) is 54.7 cm³/mol. The molecular weight excluding hydrogens is 166 g/mol. The Hall–Kier alpha value is -0.120. The van der Waals surface area contributed by atoms with Gasteiger partial charge in [0, 0.05) is 13.1 Å². The van der Waals surface area contributed by atoms with Crippen molar-refractivity contribution in [2.45, 2.75) is 39.2 Å². The first kappa shape index (κ1) is 12.9. The van der Waals surface area contributed by atoms with Crippen LogP contribution in [0.4, 0.5) is 0 Å². The van der Waals surface area contributed by atoms with E-state index in [2.05, 4.69) is 11.8 Å². The van der Waals surface area contributed by atoms with Crippen LogP contribution >= 0.6 is 0 Å². The third kappa shape index (κ3) is 6.02. The maximum absolute atomic E-state index is 9.82. The Kier molecular flexibility index (Phi) is 6.29. The number of nitrogens with zero attached hydrogens (tertiary/aromatic N) is 1. The lowest BCUT2D eigenvalue weighted by molar-refractivity contribution is 0.0122. The van der Waals surface area contributed by atoms with Crippen LogP contribution in [0.5, 0.6) is 0 Å². The maximum Gasteiger partial charge on any atom is 0.0743 e. The second kappa shape index (κ2) is 6.35. The van der Waals surface area contributed by atoms with E-state index in [-0.39, 0.29) is 6.61 Å². The van der Waals surface area contributed by atoms with Crippen molar-refractivity contribution >= 4 is 0 Å². The van der Waals surface area contributed by atoms with E-state index < -0.39 is 5.60 Å². The van der Waals surface area contributed by atoms with Crippen molar-refractivity contribution in [1.82, 2.24) is 4.90 Å². The highest BCUT2D eigenvalue weighted by molar-refractivity contribution is 4.75. The van der Waals surface area contributed by atoms with E-state index in [0.717, 1.165) is 19.4 Å². The van der Waals surface area contributed by atoms with Gasteiger partial charge in [-0.05, 0) is 26.3 Å². The van der Waals surface area contributed by atoms with E-state index >= 15 is 0 Å². The van der Waals surface area contributed by atoms with Gasteiger partial charge in [0.1, 0.15) is 0 Å². The molecule has 1 atom stereocenters. The van der Waals surface area contributed by atoms with Gasteiger partial charge in [0.2, 0.25) is 0 Å². The van der Waals surface area contributed by atoms with Crippen molar-refractivity contribution in [3.8, 4) is 0 Å². The van der Waals surface area contributed by atoms with Crippen LogP contribution in [-0.4, -0.2) is 47.0 Å². The standard InChI is InChI=1S/C10H23NO2/c1-4-6-11(7-8-12)9-10(3,13)5-2/h12-13H,4-9H2,1-3H3. The summed E-state index contributed by atoms with van der Waals surface area (Å²) in [4.78, 5) is 2.10. The Balaban J connectivity index is 3.92. The Bertz CT molecular complexity index is 120. The highest BCUT2D eigenvalue weighted by Crippen LogP contribution is 2.10. The molecule has 0 spiro atoms. The zero-order valence-electron chi connectivity index (χ0n) is 9.08. The molecule has 1 unspecified atom stereocenters. The van der Waals surface area contributed by atoms with Crippen molar-refractivity contribution in [2.24, 2.45) is 0 Å². The van der Waals surface area contributed by atoms with Gasteiger partial charge in [-0.15, -0.1) is 0 Å². The van der Waals surface area contributed by atoms with Gasteiger partial charge >= 0.3 is 0 Å². The normalized spacial score (nSPS) is 16.2. The van der Waals surface area contributed by atoms with Gasteiger partial charge in [0.25, 0.3) is 0 Å². The summed E-state index contributed by atoms with van der Waals surface area (Å²) in [6.07, 6.45) is 1.80. The molecule has 0 aliphatic rings. The molecule has 0 aliphatic heterocycles. The Morgan fingerprint density at radius 2 is 1.85 bits per heavy atom. The summed E-state index contributed by atoms with van der Waals surface area (Å²) >= 11 is 0. The zero-order valence-corrected chi connectivity index (χ0v) is 9.08. The second-order valence-corrected chi connectivity index (χ2v) is 3.85. The Morgan fingerprint density at radius 1 is 1.23 bits per heavy atom. The van der Waals surface area contributed by atoms with Crippen molar-refractivity contribution in [1.29, 1.82) is 0 Å². The van der Waals surface area contributed by atoms with Gasteiger partial charge in [-0.25, -0.2) is 0 Å². The smallest absolute Gasteiger partial charge is 0.0743 e. The molecule has 0 aliphatic carbocycles. The molecule has 0 heterocycles. The molecule has 0 saturated carbocycles. The fraction of sp³-hybridized carbons (Fsp3) is 1.00. The molecule has 13 heavy (non-hydrogen) atoms. The molecule has 0 radical (unpaired) electrons. The molecule has 0 aromatic heterocycles. The number of aliphatic hydroxyl groups is 2. The number of rotatable bonds is 7. The maximum atomic E-state index is 9.82. The van der Waals surface area contributed by atoms with Crippen LogP contribution in [0.15, 0.2) is 0 Å². The number of hydrogen-bond acceptors (Lipinski definition) is 3. The SMILES string of the molecule is CCCN(CCO)CC(C)(O)CC. The largest absolute Gasteiger partial charge is 0.395 e. The van der Waals surface area contributed by atoms with Gasteiger partial charge in [-0.2, -0.15) is 0 Å². The van der Waals surface area contributed by atoms with Crippen LogP contribution in [-0.2, 0) is 0 Å². The lowest BCUT2D eigenvalue weighted by Gasteiger charge is -2.30. The lowest BCUT2D eigenvalue weighted by atomic mass is 10.0. The molecule has 3 nitrogen and oxygen atoms in total. The summed E-state index contributed by atoms with van der Waals surface area (Å²) in [5.74, 6) is 0. The van der Waals surface area contributed by atoms with Crippen molar-refractivity contribution in [3.63, 3.8) is 0 Å². The number of hydrogen-bond donors (Lipinski definition) is 2. The van der Waals surface area contributed by atoms with Gasteiger partial charge < -0.3 is 10.2 Å². The third-order valence-electron chi connectivity index (χ3n) is 2.28. The van der Waals surface area contributed by atoms with Crippen LogP contribution < -0.4 is 0 Å². The van der Waals surface area contributed by atoms with Crippen LogP contribution in [0.1, 0.15) is 33.6 Å². The van der Waals surface area contributed by atoms with E-state index in [1.165, 1.54) is 0 Å². The van der Waals surface area contributed by atoms with Crippen LogP contribution in [0.2, 0.25) is 0 Å². The van der Waals surface area contributed by atoms with Crippen molar-refractivity contribution < 1.29 is 10.2 Å². The molecule has 0 bridgehead atoms. The van der Waals surface area contributed by atoms with Gasteiger partial charge in [0.15, 0.2) is 0 Å². The molecule has 0 fully saturated rings. The summed E-state index contributed by atoms with van der Waals surface area (Å²) in [6.45, 7) is 8.33. The molecule has 3 heteroatoms. The quantitative estimate of drug-likeness (QED) is 0.624. The molecule has 2 N–H and O–H groups in total. The molecule has 0 amide bonds. The fourth-order valence-corrected chi connectivity index (χ4v) is 1.32. The van der Waals surface area contributed by atoms with Gasteiger partial charge in [-0.3, -0.25) is 4.90 Å². The molecule has 0 saturated heterocycles. The summed E-state index contributed by atoms with van der Waals surface area (Å²) < 4.78 is 0. The highest BCUT2D eigenvalue weighted by atomic mass is 16.3. The topological polar surface area (TPSA) is 43.7 Å². The van der Waals surface area contributed by atoms with Crippen molar-refractivity contribution in [3.05, 3.63) is 0 Å². The van der Waals surface area contributed by atoms with E-state index in [4.69, 9.17) is 5.11 Å². The van der Waals surface area contributed by atoms with Gasteiger partial charge in [0.05, 0.1) is 12.2 Å².